The minimum absolute atomic E-state index is 0. The predicted octanol–water partition coefficient (Wildman–Crippen LogP) is 4.31. The maximum absolute atomic E-state index is 2.28. The molecule has 0 saturated carbocycles. The van der Waals surface area contributed by atoms with Crippen molar-refractivity contribution in [2.24, 2.45) is 5.92 Å². The highest BCUT2D eigenvalue weighted by molar-refractivity contribution is 6.92. The summed E-state index contributed by atoms with van der Waals surface area (Å²) in [7, 11) is 0. The summed E-state index contributed by atoms with van der Waals surface area (Å²) in [6.45, 7) is 10.8. The normalized spacial score (nSPS) is 8.18. The lowest BCUT2D eigenvalue weighted by Crippen LogP contribution is -1.94. The van der Waals surface area contributed by atoms with E-state index in [9.17, 15) is 0 Å². The summed E-state index contributed by atoms with van der Waals surface area (Å²) < 4.78 is 0. The fourth-order valence-corrected chi connectivity index (χ4v) is 1.11. The molecule has 0 saturated heterocycles. The van der Waals surface area contributed by atoms with E-state index in [0.29, 0.717) is 0 Å². The second kappa shape index (κ2) is 16.8. The van der Waals surface area contributed by atoms with Crippen LogP contribution in [0.2, 0.25) is 0 Å². The zero-order chi connectivity index (χ0) is 8.41. The van der Waals surface area contributed by atoms with Crippen molar-refractivity contribution in [2.75, 3.05) is 0 Å². The molecule has 11 heavy (non-hydrogen) atoms. The Kier molecular flexibility index (Phi) is 26.7. The fraction of sp³-hybridized carbons (Fsp3) is 1.00. The van der Waals surface area contributed by atoms with Gasteiger partial charge in [0.2, 0.25) is 0 Å². The highest BCUT2D eigenvalue weighted by Gasteiger charge is 1.98. The zero-order valence-corrected chi connectivity index (χ0v) is 10.5. The van der Waals surface area contributed by atoms with Crippen LogP contribution in [0.4, 0.5) is 0 Å². The first-order valence-electron chi connectivity index (χ1n) is 4.85. The Balaban J connectivity index is -0.000000196. The maximum Gasteiger partial charge on any atom is -0.0420 e. The van der Waals surface area contributed by atoms with Gasteiger partial charge < -0.3 is 0 Å². The van der Waals surface area contributed by atoms with Gasteiger partial charge in [0.05, 0.1) is 0 Å². The van der Waals surface area contributed by atoms with Gasteiger partial charge in [-0.1, -0.05) is 60.3 Å². The topological polar surface area (TPSA) is 0 Å². The molecular formula is C10H27P. The molecule has 1 heteroatoms. The Morgan fingerprint density at radius 2 is 1.27 bits per heavy atom. The van der Waals surface area contributed by atoms with E-state index in [1.54, 1.807) is 0 Å². The number of hydrogen-bond acceptors (Lipinski definition) is 0. The highest BCUT2D eigenvalue weighted by Crippen LogP contribution is 2.13. The maximum atomic E-state index is 2.28. The minimum atomic E-state index is 0. The van der Waals surface area contributed by atoms with Crippen LogP contribution in [0, 0.1) is 5.92 Å². The van der Waals surface area contributed by atoms with E-state index in [2.05, 4.69) is 20.8 Å². The molecule has 0 aliphatic heterocycles. The van der Waals surface area contributed by atoms with Crippen molar-refractivity contribution in [3.05, 3.63) is 0 Å². The molecule has 0 nitrogen and oxygen atoms in total. The summed E-state index contributed by atoms with van der Waals surface area (Å²) in [6.07, 6.45) is 5.51. The summed E-state index contributed by atoms with van der Waals surface area (Å²) in [4.78, 5) is 0. The SMILES string of the molecule is CC.CCCC(CC)CC.P. The standard InChI is InChI=1S/C8H18.C2H6.H3P/c1-4-7-8(5-2)6-3;1-2;/h8H,4-7H2,1-3H3;1-2H3;1H3. The summed E-state index contributed by atoms with van der Waals surface area (Å²) in [6, 6.07) is 0. The molecule has 0 radical (unpaired) electrons. The van der Waals surface area contributed by atoms with Crippen LogP contribution in [0.15, 0.2) is 0 Å². The first-order valence-corrected chi connectivity index (χ1v) is 4.85. The van der Waals surface area contributed by atoms with E-state index in [1.165, 1.54) is 25.7 Å². The molecule has 0 spiro atoms. The van der Waals surface area contributed by atoms with Gasteiger partial charge in [-0.3, -0.25) is 0 Å². The van der Waals surface area contributed by atoms with Crippen LogP contribution < -0.4 is 0 Å². The van der Waals surface area contributed by atoms with Gasteiger partial charge in [0, 0.05) is 0 Å². The van der Waals surface area contributed by atoms with E-state index in [1.807, 2.05) is 13.8 Å². The summed E-state index contributed by atoms with van der Waals surface area (Å²) in [5, 5.41) is 0. The van der Waals surface area contributed by atoms with Crippen molar-refractivity contribution in [1.29, 1.82) is 0 Å². The zero-order valence-electron chi connectivity index (χ0n) is 9.11. The minimum Gasteiger partial charge on any atom is -0.153 e. The Labute approximate surface area is 76.8 Å². The lowest BCUT2D eigenvalue weighted by atomic mass is 9.98. The molecule has 0 heterocycles. The van der Waals surface area contributed by atoms with Crippen LogP contribution in [0.3, 0.4) is 0 Å². The average Bonchev–Trinajstić information content (AvgIpc) is 2.04. The molecule has 1 atom stereocenters. The van der Waals surface area contributed by atoms with Crippen molar-refractivity contribution >= 4 is 9.90 Å². The molecule has 72 valence electrons. The van der Waals surface area contributed by atoms with E-state index in [4.69, 9.17) is 0 Å². The third-order valence-electron chi connectivity index (χ3n) is 1.85. The predicted molar refractivity (Wildman–Crippen MR) is 61.4 cm³/mol. The van der Waals surface area contributed by atoms with Crippen LogP contribution in [0.1, 0.15) is 60.3 Å². The lowest BCUT2D eigenvalue weighted by Gasteiger charge is -2.08. The second-order valence-corrected chi connectivity index (χ2v) is 2.47. The van der Waals surface area contributed by atoms with Gasteiger partial charge in [0.15, 0.2) is 0 Å². The molecule has 1 unspecified atom stereocenters. The van der Waals surface area contributed by atoms with Crippen molar-refractivity contribution in [2.45, 2.75) is 60.3 Å². The van der Waals surface area contributed by atoms with Gasteiger partial charge in [-0.25, -0.2) is 0 Å². The molecule has 0 fully saturated rings. The molecule has 0 amide bonds. The van der Waals surface area contributed by atoms with Crippen LogP contribution >= 0.6 is 9.90 Å². The van der Waals surface area contributed by atoms with Gasteiger partial charge in [-0.05, 0) is 5.92 Å². The van der Waals surface area contributed by atoms with E-state index in [-0.39, 0.29) is 9.90 Å². The smallest absolute Gasteiger partial charge is 0.0420 e. The lowest BCUT2D eigenvalue weighted by molar-refractivity contribution is 0.451. The molecule has 0 N–H and O–H groups in total. The Morgan fingerprint density at radius 3 is 1.36 bits per heavy atom. The van der Waals surface area contributed by atoms with Crippen LogP contribution in [-0.2, 0) is 0 Å². The molecule has 0 aromatic carbocycles. The van der Waals surface area contributed by atoms with Crippen LogP contribution in [0.5, 0.6) is 0 Å². The molecule has 0 aromatic heterocycles. The van der Waals surface area contributed by atoms with Crippen molar-refractivity contribution in [3.63, 3.8) is 0 Å². The first-order chi connectivity index (χ1) is 4.85. The monoisotopic (exact) mass is 178 g/mol. The van der Waals surface area contributed by atoms with E-state index >= 15 is 0 Å². The van der Waals surface area contributed by atoms with E-state index in [0.717, 1.165) is 5.92 Å². The molecule has 0 aliphatic carbocycles. The van der Waals surface area contributed by atoms with Gasteiger partial charge in [0.25, 0.3) is 0 Å². The Bertz CT molecular complexity index is 40.1. The van der Waals surface area contributed by atoms with Gasteiger partial charge in [0.1, 0.15) is 0 Å². The quantitative estimate of drug-likeness (QED) is 0.563. The van der Waals surface area contributed by atoms with Crippen LogP contribution in [0.25, 0.3) is 0 Å². The number of hydrogen-bond donors (Lipinski definition) is 0. The van der Waals surface area contributed by atoms with Crippen molar-refractivity contribution < 1.29 is 0 Å². The molecule has 0 aliphatic rings. The second-order valence-electron chi connectivity index (χ2n) is 2.47. The Hall–Kier alpha value is 0.430. The average molecular weight is 178 g/mol. The summed E-state index contributed by atoms with van der Waals surface area (Å²) in [5.74, 6) is 1.000. The summed E-state index contributed by atoms with van der Waals surface area (Å²) >= 11 is 0. The fourth-order valence-electron chi connectivity index (χ4n) is 1.11. The van der Waals surface area contributed by atoms with Crippen molar-refractivity contribution in [1.82, 2.24) is 0 Å². The molecular weight excluding hydrogens is 151 g/mol. The first kappa shape index (κ1) is 17.5. The van der Waals surface area contributed by atoms with Gasteiger partial charge >= 0.3 is 0 Å². The van der Waals surface area contributed by atoms with Crippen LogP contribution in [-0.4, -0.2) is 0 Å². The van der Waals surface area contributed by atoms with Crippen molar-refractivity contribution in [3.8, 4) is 0 Å². The van der Waals surface area contributed by atoms with Gasteiger partial charge in [-0.15, -0.1) is 0 Å². The number of rotatable bonds is 4. The third-order valence-corrected chi connectivity index (χ3v) is 1.85. The third kappa shape index (κ3) is 13.4. The molecule has 0 bridgehead atoms. The van der Waals surface area contributed by atoms with Gasteiger partial charge in [-0.2, -0.15) is 9.90 Å². The summed E-state index contributed by atoms with van der Waals surface area (Å²) in [5.41, 5.74) is 0. The van der Waals surface area contributed by atoms with E-state index < -0.39 is 0 Å². The highest BCUT2D eigenvalue weighted by atomic mass is 31.0. The largest absolute Gasteiger partial charge is 0.153 e. The Morgan fingerprint density at radius 1 is 0.909 bits per heavy atom. The molecule has 0 rings (SSSR count). The molecule has 0 aromatic rings.